The number of hydrogen-bond acceptors (Lipinski definition) is 9. The number of carbonyl (C=O) groups excluding carboxylic acids is 2. The van der Waals surface area contributed by atoms with Crippen LogP contribution in [-0.4, -0.2) is 62.3 Å². The molecule has 0 aliphatic carbocycles. The monoisotopic (exact) mass is 499 g/mol. The minimum absolute atomic E-state index is 0.0610. The Kier molecular flexibility index (Phi) is 6.80. The number of aromatic nitrogens is 2. The zero-order chi connectivity index (χ0) is 24.2. The van der Waals surface area contributed by atoms with Crippen LogP contribution in [0, 0.1) is 12.3 Å². The first kappa shape index (κ1) is 23.3. The number of carboxylic acid groups (broad SMARTS) is 1. The van der Waals surface area contributed by atoms with Gasteiger partial charge in [-0.15, -0.1) is 29.5 Å². The van der Waals surface area contributed by atoms with Gasteiger partial charge in [0.05, 0.1) is 0 Å². The molecule has 4 rings (SSSR count). The van der Waals surface area contributed by atoms with E-state index in [0.29, 0.717) is 17.9 Å². The number of fused-ring (bicyclic) bond motifs is 1. The maximum atomic E-state index is 12.9. The van der Waals surface area contributed by atoms with Gasteiger partial charge in [0.1, 0.15) is 22.8 Å². The van der Waals surface area contributed by atoms with Gasteiger partial charge in [0, 0.05) is 28.8 Å². The van der Waals surface area contributed by atoms with E-state index in [0.717, 1.165) is 11.3 Å². The van der Waals surface area contributed by atoms with Crippen molar-refractivity contribution in [2.75, 3.05) is 18.1 Å². The average Bonchev–Trinajstić information content (AvgIpc) is 3.26. The topological polar surface area (TPSA) is 151 Å². The largest absolute Gasteiger partial charge is 0.477 e. The van der Waals surface area contributed by atoms with Crippen molar-refractivity contribution >= 4 is 51.7 Å². The normalized spacial score (nSPS) is 19.7. The number of pyridine rings is 1. The van der Waals surface area contributed by atoms with Gasteiger partial charge in [0.25, 0.3) is 11.8 Å². The molecule has 4 heterocycles. The second-order valence-electron chi connectivity index (χ2n) is 7.15. The molecule has 1 saturated heterocycles. The molecule has 4 N–H and O–H groups in total. The molecule has 2 aliphatic heterocycles. The molecule has 0 radical (unpaired) electrons. The van der Waals surface area contributed by atoms with Crippen LogP contribution in [-0.2, 0) is 25.8 Å². The third-order valence-electron chi connectivity index (χ3n) is 4.97. The number of anilines is 1. The SMILES string of the molecule is C#CCO/N=C(/C(=O)NC1C(=O)N2C(C(=O)O)=C(C[n+]3ccccc3)CS[C@H]12)c1csc(N)n1. The highest BCUT2D eigenvalue weighted by Crippen LogP contribution is 2.40. The lowest BCUT2D eigenvalue weighted by Gasteiger charge is -2.49. The number of amides is 2. The molecular formula is C21H19N6O5S2+. The Bertz CT molecular complexity index is 1240. The molecule has 0 aromatic carbocycles. The number of oxime groups is 1. The van der Waals surface area contributed by atoms with Gasteiger partial charge < -0.3 is 21.0 Å². The summed E-state index contributed by atoms with van der Waals surface area (Å²) in [5.74, 6) is 0.182. The second-order valence-corrected chi connectivity index (χ2v) is 9.15. The standard InChI is InChI=1S/C21H18N6O5S2/c1-2-8-32-25-14(13-11-34-21(22)23-13)17(28)24-15-18(29)27-16(20(30)31)12(10-33-19(15)27)9-26-6-4-3-5-7-26/h1,3-7,11,15,19H,8-10H2,(H3-,22,23,24,28,30,31)/p+1/b25-14+/t15?,19-/m1/s1. The van der Waals surface area contributed by atoms with Crippen molar-refractivity contribution in [3.05, 3.63) is 52.9 Å². The van der Waals surface area contributed by atoms with Crippen molar-refractivity contribution in [3.63, 3.8) is 0 Å². The lowest BCUT2D eigenvalue weighted by molar-refractivity contribution is -0.689. The van der Waals surface area contributed by atoms with Crippen LogP contribution in [0.4, 0.5) is 5.13 Å². The van der Waals surface area contributed by atoms with Crippen molar-refractivity contribution in [3.8, 4) is 12.3 Å². The van der Waals surface area contributed by atoms with Crippen molar-refractivity contribution < 1.29 is 28.9 Å². The molecule has 0 spiro atoms. The minimum atomic E-state index is -1.20. The van der Waals surface area contributed by atoms with Gasteiger partial charge in [-0.05, 0) is 0 Å². The van der Waals surface area contributed by atoms with Crippen molar-refractivity contribution in [1.29, 1.82) is 0 Å². The minimum Gasteiger partial charge on any atom is -0.477 e. The fraction of sp³-hybridized carbons (Fsp3) is 0.238. The predicted molar refractivity (Wildman–Crippen MR) is 124 cm³/mol. The van der Waals surface area contributed by atoms with Crippen molar-refractivity contribution in [2.24, 2.45) is 5.16 Å². The van der Waals surface area contributed by atoms with Crippen LogP contribution in [0.15, 0.2) is 52.4 Å². The summed E-state index contributed by atoms with van der Waals surface area (Å²) in [7, 11) is 0. The highest BCUT2D eigenvalue weighted by molar-refractivity contribution is 8.00. The van der Waals surface area contributed by atoms with E-state index in [1.165, 1.54) is 22.0 Å². The number of terminal acetylenes is 1. The Hall–Kier alpha value is -3.89. The summed E-state index contributed by atoms with van der Waals surface area (Å²) < 4.78 is 1.83. The van der Waals surface area contributed by atoms with E-state index in [2.05, 4.69) is 21.4 Å². The van der Waals surface area contributed by atoms with Crippen molar-refractivity contribution in [1.82, 2.24) is 15.2 Å². The molecule has 0 bridgehead atoms. The number of rotatable bonds is 8. The molecule has 1 unspecified atom stereocenters. The lowest BCUT2D eigenvalue weighted by atomic mass is 10.0. The number of carboxylic acids is 1. The first-order valence-corrected chi connectivity index (χ1v) is 11.8. The summed E-state index contributed by atoms with van der Waals surface area (Å²) >= 11 is 2.48. The predicted octanol–water partition coefficient (Wildman–Crippen LogP) is -0.194. The van der Waals surface area contributed by atoms with E-state index in [4.69, 9.17) is 17.0 Å². The summed E-state index contributed by atoms with van der Waals surface area (Å²) in [6.45, 7) is 0.164. The van der Waals surface area contributed by atoms with Gasteiger partial charge in [-0.3, -0.25) is 14.5 Å². The zero-order valence-corrected chi connectivity index (χ0v) is 19.2. The molecule has 2 atom stereocenters. The Morgan fingerprint density at radius 1 is 1.41 bits per heavy atom. The third-order valence-corrected chi connectivity index (χ3v) is 6.98. The van der Waals surface area contributed by atoms with E-state index in [-0.39, 0.29) is 28.8 Å². The molecule has 2 aliphatic rings. The van der Waals surface area contributed by atoms with Gasteiger partial charge in [-0.1, -0.05) is 17.1 Å². The van der Waals surface area contributed by atoms with Gasteiger partial charge in [0.2, 0.25) is 0 Å². The fourth-order valence-electron chi connectivity index (χ4n) is 3.51. The molecule has 34 heavy (non-hydrogen) atoms. The molecule has 2 amide bonds. The van der Waals surface area contributed by atoms with Crippen LogP contribution in [0.1, 0.15) is 5.69 Å². The summed E-state index contributed by atoms with van der Waals surface area (Å²) in [6.07, 6.45) is 8.78. The van der Waals surface area contributed by atoms with Gasteiger partial charge in [-0.25, -0.2) is 14.3 Å². The molecule has 174 valence electrons. The molecular weight excluding hydrogens is 480 g/mol. The van der Waals surface area contributed by atoms with Gasteiger partial charge >= 0.3 is 5.97 Å². The Morgan fingerprint density at radius 3 is 2.82 bits per heavy atom. The molecule has 1 fully saturated rings. The number of nitrogens with one attached hydrogen (secondary N) is 1. The highest BCUT2D eigenvalue weighted by atomic mass is 32.2. The first-order valence-electron chi connectivity index (χ1n) is 9.90. The number of β-lactam (4-membered cyclic amide) rings is 1. The Labute approximate surface area is 202 Å². The van der Waals surface area contributed by atoms with Crippen LogP contribution in [0.25, 0.3) is 0 Å². The number of aliphatic carboxylic acids is 1. The molecule has 0 saturated carbocycles. The van der Waals surface area contributed by atoms with E-state index >= 15 is 0 Å². The molecule has 2 aromatic rings. The van der Waals surface area contributed by atoms with Crippen LogP contribution in [0.5, 0.6) is 0 Å². The Balaban J connectivity index is 1.53. The first-order chi connectivity index (χ1) is 16.4. The number of thiazole rings is 1. The number of thioether (sulfide) groups is 1. The fourth-order valence-corrected chi connectivity index (χ4v) is 5.39. The van der Waals surface area contributed by atoms with E-state index in [1.54, 1.807) is 0 Å². The lowest BCUT2D eigenvalue weighted by Crippen LogP contribution is -2.71. The van der Waals surface area contributed by atoms with Crippen molar-refractivity contribution in [2.45, 2.75) is 18.0 Å². The maximum Gasteiger partial charge on any atom is 0.352 e. The maximum absolute atomic E-state index is 12.9. The summed E-state index contributed by atoms with van der Waals surface area (Å²) in [5, 5.41) is 17.4. The van der Waals surface area contributed by atoms with Crippen LogP contribution in [0.3, 0.4) is 0 Å². The number of nitrogens with zero attached hydrogens (tertiary/aromatic N) is 4. The number of hydrogen-bond donors (Lipinski definition) is 3. The molecule has 2 aromatic heterocycles. The van der Waals surface area contributed by atoms with Crippen LogP contribution >= 0.6 is 23.1 Å². The zero-order valence-electron chi connectivity index (χ0n) is 17.6. The van der Waals surface area contributed by atoms with E-state index in [9.17, 15) is 19.5 Å². The van der Waals surface area contributed by atoms with E-state index < -0.39 is 29.2 Å². The highest BCUT2D eigenvalue weighted by Gasteiger charge is 2.54. The molecule has 13 heteroatoms. The summed E-state index contributed by atoms with van der Waals surface area (Å²) in [6, 6.07) is 4.59. The van der Waals surface area contributed by atoms with Crippen LogP contribution < -0.4 is 15.6 Å². The van der Waals surface area contributed by atoms with Gasteiger partial charge in [-0.2, -0.15) is 0 Å². The third kappa shape index (κ3) is 4.59. The molecule has 11 nitrogen and oxygen atoms in total. The quantitative estimate of drug-likeness (QED) is 0.113. The smallest absolute Gasteiger partial charge is 0.352 e. The van der Waals surface area contributed by atoms with E-state index in [1.807, 2.05) is 35.2 Å². The second kappa shape index (κ2) is 9.94. The average molecular weight is 500 g/mol. The summed E-state index contributed by atoms with van der Waals surface area (Å²) in [4.78, 5) is 48.1. The number of nitrogens with two attached hydrogens (primary N) is 1. The number of nitrogen functional groups attached to an aromatic ring is 1. The van der Waals surface area contributed by atoms with Crippen LogP contribution in [0.2, 0.25) is 0 Å². The number of carbonyl (C=O) groups is 3. The Morgan fingerprint density at radius 2 is 2.18 bits per heavy atom. The van der Waals surface area contributed by atoms with Gasteiger partial charge in [0.15, 0.2) is 36.4 Å². The summed E-state index contributed by atoms with van der Waals surface area (Å²) in [5.41, 5.74) is 6.18.